The van der Waals surface area contributed by atoms with Crippen molar-refractivity contribution in [2.75, 3.05) is 19.9 Å². The van der Waals surface area contributed by atoms with Gasteiger partial charge in [-0.05, 0) is 69.3 Å². The summed E-state index contributed by atoms with van der Waals surface area (Å²) < 4.78 is 1.75. The Bertz CT molecular complexity index is 1080. The Morgan fingerprint density at radius 1 is 1.18 bits per heavy atom. The molecule has 1 heterocycles. The standard InChI is InChI=1S/C21H22N4O3/c1-23(2)16-8-10-20-18(12-16)17-11-14(5-9-19(17)24(20)22)21(26)13-3-6-15(7-4-13)25(27)28/h3-7,9,11,16H,8,10,12,22H2,1-2H3. The van der Waals surface area contributed by atoms with E-state index in [4.69, 9.17) is 5.84 Å². The lowest BCUT2D eigenvalue weighted by atomic mass is 9.90. The molecule has 144 valence electrons. The Hall–Kier alpha value is -3.19. The number of nitrogen functional groups attached to an aromatic ring is 1. The summed E-state index contributed by atoms with van der Waals surface area (Å²) in [7, 11) is 4.17. The second kappa shape index (κ2) is 6.76. The minimum atomic E-state index is -0.474. The predicted octanol–water partition coefficient (Wildman–Crippen LogP) is 2.91. The topological polar surface area (TPSA) is 94.4 Å². The fourth-order valence-corrected chi connectivity index (χ4v) is 4.06. The molecule has 0 spiro atoms. The molecule has 3 aromatic rings. The molecule has 1 unspecified atom stereocenters. The number of fused-ring (bicyclic) bond motifs is 3. The number of likely N-dealkylation sites (N-methyl/N-ethyl adjacent to an activating group) is 1. The summed E-state index contributed by atoms with van der Waals surface area (Å²) in [5.74, 6) is 6.16. The number of benzene rings is 2. The fourth-order valence-electron chi connectivity index (χ4n) is 4.06. The van der Waals surface area contributed by atoms with Crippen molar-refractivity contribution >= 4 is 22.4 Å². The molecule has 28 heavy (non-hydrogen) atoms. The summed E-state index contributed by atoms with van der Waals surface area (Å²) in [6.45, 7) is 0. The summed E-state index contributed by atoms with van der Waals surface area (Å²) in [4.78, 5) is 25.5. The minimum absolute atomic E-state index is 0.0315. The van der Waals surface area contributed by atoms with Gasteiger partial charge in [-0.3, -0.25) is 19.6 Å². The number of nitro groups is 1. The smallest absolute Gasteiger partial charge is 0.269 e. The normalized spacial score (nSPS) is 16.3. The zero-order chi connectivity index (χ0) is 20.0. The molecule has 4 rings (SSSR count). The van der Waals surface area contributed by atoms with Crippen LogP contribution in [0.15, 0.2) is 42.5 Å². The van der Waals surface area contributed by atoms with E-state index in [2.05, 4.69) is 19.0 Å². The molecule has 1 aliphatic carbocycles. The van der Waals surface area contributed by atoms with Gasteiger partial charge in [0.1, 0.15) is 0 Å². The van der Waals surface area contributed by atoms with Crippen molar-refractivity contribution in [2.24, 2.45) is 0 Å². The van der Waals surface area contributed by atoms with E-state index in [9.17, 15) is 14.9 Å². The largest absolute Gasteiger partial charge is 0.339 e. The predicted molar refractivity (Wildman–Crippen MR) is 108 cm³/mol. The highest BCUT2D eigenvalue weighted by molar-refractivity contribution is 6.11. The monoisotopic (exact) mass is 378 g/mol. The van der Waals surface area contributed by atoms with Crippen LogP contribution < -0.4 is 5.84 Å². The SMILES string of the molecule is CN(C)C1CCc2c(c3cc(C(=O)c4ccc([N+](=O)[O-])cc4)ccc3n2N)C1. The van der Waals surface area contributed by atoms with Crippen molar-refractivity contribution in [2.45, 2.75) is 25.3 Å². The van der Waals surface area contributed by atoms with Crippen molar-refractivity contribution in [1.29, 1.82) is 0 Å². The minimum Gasteiger partial charge on any atom is -0.339 e. The first-order chi connectivity index (χ1) is 13.4. The fraction of sp³-hybridized carbons (Fsp3) is 0.286. The van der Waals surface area contributed by atoms with Crippen LogP contribution in [0, 0.1) is 10.1 Å². The van der Waals surface area contributed by atoms with Gasteiger partial charge in [0.05, 0.1) is 10.4 Å². The van der Waals surface area contributed by atoms with Gasteiger partial charge >= 0.3 is 0 Å². The Balaban J connectivity index is 1.74. The molecule has 0 saturated heterocycles. The number of aromatic nitrogens is 1. The Morgan fingerprint density at radius 3 is 2.50 bits per heavy atom. The Kier molecular flexibility index (Phi) is 4.39. The van der Waals surface area contributed by atoms with Crippen molar-refractivity contribution in [3.8, 4) is 0 Å². The lowest BCUT2D eigenvalue weighted by Crippen LogP contribution is -2.34. The van der Waals surface area contributed by atoms with Gasteiger partial charge in [-0.2, -0.15) is 0 Å². The van der Waals surface area contributed by atoms with Gasteiger partial charge in [0, 0.05) is 40.4 Å². The van der Waals surface area contributed by atoms with Gasteiger partial charge in [0.25, 0.3) is 5.69 Å². The number of hydrogen-bond acceptors (Lipinski definition) is 5. The lowest BCUT2D eigenvalue weighted by Gasteiger charge is -2.28. The van der Waals surface area contributed by atoms with Crippen LogP contribution >= 0.6 is 0 Å². The summed E-state index contributed by atoms with van der Waals surface area (Å²) >= 11 is 0. The number of carbonyl (C=O) groups is 1. The van der Waals surface area contributed by atoms with Gasteiger partial charge in [-0.1, -0.05) is 0 Å². The number of nitrogens with zero attached hydrogens (tertiary/aromatic N) is 3. The van der Waals surface area contributed by atoms with E-state index in [1.807, 2.05) is 12.1 Å². The third-order valence-electron chi connectivity index (χ3n) is 5.71. The van der Waals surface area contributed by atoms with Crippen LogP contribution in [0.2, 0.25) is 0 Å². The van der Waals surface area contributed by atoms with Crippen LogP contribution in [0.5, 0.6) is 0 Å². The summed E-state index contributed by atoms with van der Waals surface area (Å²) in [5, 5.41) is 11.8. The van der Waals surface area contributed by atoms with Crippen molar-refractivity contribution in [1.82, 2.24) is 9.58 Å². The molecule has 2 aromatic carbocycles. The average Bonchev–Trinajstić information content (AvgIpc) is 2.98. The van der Waals surface area contributed by atoms with Crippen LogP contribution in [0.3, 0.4) is 0 Å². The van der Waals surface area contributed by atoms with E-state index in [0.717, 1.165) is 35.9 Å². The lowest BCUT2D eigenvalue weighted by molar-refractivity contribution is -0.384. The van der Waals surface area contributed by atoms with E-state index >= 15 is 0 Å². The van der Waals surface area contributed by atoms with Gasteiger partial charge in [-0.15, -0.1) is 0 Å². The third-order valence-corrected chi connectivity index (χ3v) is 5.71. The summed E-state index contributed by atoms with van der Waals surface area (Å²) in [6, 6.07) is 11.7. The van der Waals surface area contributed by atoms with Gasteiger partial charge in [-0.25, -0.2) is 0 Å². The maximum Gasteiger partial charge on any atom is 0.269 e. The number of nitrogens with two attached hydrogens (primary N) is 1. The molecule has 7 nitrogen and oxygen atoms in total. The van der Waals surface area contributed by atoms with Crippen molar-refractivity contribution < 1.29 is 9.72 Å². The van der Waals surface area contributed by atoms with Crippen LogP contribution in [-0.4, -0.2) is 40.4 Å². The highest BCUT2D eigenvalue weighted by Crippen LogP contribution is 2.33. The number of hydrogen-bond donors (Lipinski definition) is 1. The molecule has 0 fully saturated rings. The Morgan fingerprint density at radius 2 is 1.86 bits per heavy atom. The highest BCUT2D eigenvalue weighted by Gasteiger charge is 2.26. The molecular formula is C21H22N4O3. The maximum atomic E-state index is 12.9. The zero-order valence-electron chi connectivity index (χ0n) is 15.9. The summed E-state index contributed by atoms with van der Waals surface area (Å²) in [6.07, 6.45) is 2.87. The molecular weight excluding hydrogens is 356 g/mol. The number of carbonyl (C=O) groups excluding carboxylic acids is 1. The maximum absolute atomic E-state index is 12.9. The number of nitro benzene ring substituents is 1. The van der Waals surface area contributed by atoms with Gasteiger partial charge < -0.3 is 10.7 Å². The molecule has 0 bridgehead atoms. The van der Waals surface area contributed by atoms with Crippen LogP contribution in [-0.2, 0) is 12.8 Å². The van der Waals surface area contributed by atoms with Crippen LogP contribution in [0.4, 0.5) is 5.69 Å². The van der Waals surface area contributed by atoms with E-state index < -0.39 is 4.92 Å². The second-order valence-corrected chi connectivity index (χ2v) is 7.52. The molecule has 0 radical (unpaired) electrons. The molecule has 0 aliphatic heterocycles. The molecule has 1 atom stereocenters. The second-order valence-electron chi connectivity index (χ2n) is 7.52. The molecule has 0 saturated carbocycles. The van der Waals surface area contributed by atoms with Gasteiger partial charge in [0.2, 0.25) is 0 Å². The Labute approximate surface area is 162 Å². The van der Waals surface area contributed by atoms with E-state index in [-0.39, 0.29) is 11.5 Å². The number of ketones is 1. The van der Waals surface area contributed by atoms with Crippen molar-refractivity contribution in [3.05, 3.63) is 75.0 Å². The zero-order valence-corrected chi connectivity index (χ0v) is 15.9. The van der Waals surface area contributed by atoms with Crippen LogP contribution in [0.25, 0.3) is 10.9 Å². The number of non-ortho nitro benzene ring substituents is 1. The first kappa shape index (κ1) is 18.2. The molecule has 1 aromatic heterocycles. The van der Waals surface area contributed by atoms with E-state index in [0.29, 0.717) is 17.2 Å². The van der Waals surface area contributed by atoms with E-state index in [1.54, 1.807) is 10.7 Å². The number of rotatable bonds is 4. The molecule has 7 heteroatoms. The first-order valence-electron chi connectivity index (χ1n) is 9.23. The van der Waals surface area contributed by atoms with E-state index in [1.165, 1.54) is 29.8 Å². The first-order valence-corrected chi connectivity index (χ1v) is 9.23. The van der Waals surface area contributed by atoms with Crippen LogP contribution in [0.1, 0.15) is 33.6 Å². The van der Waals surface area contributed by atoms with Crippen molar-refractivity contribution in [3.63, 3.8) is 0 Å². The third kappa shape index (κ3) is 2.93. The quantitative estimate of drug-likeness (QED) is 0.326. The summed E-state index contributed by atoms with van der Waals surface area (Å²) in [5.41, 5.74) is 4.22. The van der Waals surface area contributed by atoms with Gasteiger partial charge in [0.15, 0.2) is 5.78 Å². The molecule has 2 N–H and O–H groups in total. The molecule has 0 amide bonds. The highest BCUT2D eigenvalue weighted by atomic mass is 16.6. The molecule has 1 aliphatic rings. The average molecular weight is 378 g/mol.